The van der Waals surface area contributed by atoms with E-state index in [0.717, 1.165) is 6.07 Å². The van der Waals surface area contributed by atoms with Crippen LogP contribution in [0.15, 0.2) is 58.6 Å². The Morgan fingerprint density at radius 2 is 1.97 bits per heavy atom. The second-order valence-corrected chi connectivity index (χ2v) is 11.7. The molecule has 0 spiro atoms. The number of carboxylic acid groups (broad SMARTS) is 1. The Hall–Kier alpha value is -2.95. The molecule has 0 radical (unpaired) electrons. The number of halogens is 1. The van der Waals surface area contributed by atoms with Crippen molar-refractivity contribution in [3.63, 3.8) is 0 Å². The van der Waals surface area contributed by atoms with E-state index in [1.807, 2.05) is 0 Å². The molecule has 0 amide bonds. The maximum atomic E-state index is 13.1. The number of hydrogen-bond donors (Lipinski definition) is 1. The fourth-order valence-electron chi connectivity index (χ4n) is 3.42. The van der Waals surface area contributed by atoms with Crippen LogP contribution in [0.4, 0.5) is 0 Å². The van der Waals surface area contributed by atoms with Gasteiger partial charge in [-0.05, 0) is 48.4 Å². The van der Waals surface area contributed by atoms with Crippen molar-refractivity contribution < 1.29 is 31.5 Å². The molecule has 0 saturated carbocycles. The summed E-state index contributed by atoms with van der Waals surface area (Å²) in [6, 6.07) is 7.99. The summed E-state index contributed by atoms with van der Waals surface area (Å²) < 4.78 is 57.8. The minimum absolute atomic E-state index is 0.0143. The van der Waals surface area contributed by atoms with Crippen molar-refractivity contribution in [1.29, 1.82) is 0 Å². The van der Waals surface area contributed by atoms with E-state index in [4.69, 9.17) is 16.3 Å². The summed E-state index contributed by atoms with van der Waals surface area (Å²) in [5, 5.41) is 9.22. The van der Waals surface area contributed by atoms with Crippen LogP contribution in [-0.4, -0.2) is 32.9 Å². The van der Waals surface area contributed by atoms with E-state index >= 15 is 0 Å². The molecule has 32 heavy (non-hydrogen) atoms. The molecule has 0 bridgehead atoms. The van der Waals surface area contributed by atoms with Crippen LogP contribution in [0.1, 0.15) is 27.0 Å². The molecule has 3 aromatic rings. The number of aromatic carboxylic acids is 1. The van der Waals surface area contributed by atoms with Crippen LogP contribution in [0.5, 0.6) is 11.5 Å². The molecule has 166 valence electrons. The van der Waals surface area contributed by atoms with Gasteiger partial charge in [0.05, 0.1) is 27.0 Å². The number of benzene rings is 2. The highest BCUT2D eigenvalue weighted by molar-refractivity contribution is 7.91. The van der Waals surface area contributed by atoms with Gasteiger partial charge in [0, 0.05) is 18.0 Å². The van der Waals surface area contributed by atoms with Gasteiger partial charge in [-0.15, -0.1) is 0 Å². The predicted molar refractivity (Wildman–Crippen MR) is 116 cm³/mol. The van der Waals surface area contributed by atoms with Crippen LogP contribution < -0.4 is 4.74 Å². The van der Waals surface area contributed by atoms with Gasteiger partial charge in [-0.3, -0.25) is 4.98 Å². The molecule has 0 saturated heterocycles. The highest BCUT2D eigenvalue weighted by Gasteiger charge is 2.32. The third-order valence-electron chi connectivity index (χ3n) is 4.90. The summed E-state index contributed by atoms with van der Waals surface area (Å²) in [7, 11) is -7.92. The van der Waals surface area contributed by atoms with Crippen LogP contribution >= 0.6 is 11.6 Å². The highest BCUT2D eigenvalue weighted by atomic mass is 35.5. The van der Waals surface area contributed by atoms with Gasteiger partial charge in [0.25, 0.3) is 0 Å². The van der Waals surface area contributed by atoms with Gasteiger partial charge in [0.2, 0.25) is 0 Å². The normalized spacial score (nSPS) is 14.6. The number of pyridine rings is 1. The molecule has 1 aromatic heterocycles. The highest BCUT2D eigenvalue weighted by Crippen LogP contribution is 2.44. The number of carbonyl (C=O) groups is 1. The summed E-state index contributed by atoms with van der Waals surface area (Å²) in [5.41, 5.74) is 0.618. The number of hydrogen-bond acceptors (Lipinski definition) is 7. The van der Waals surface area contributed by atoms with Gasteiger partial charge in [0.1, 0.15) is 16.4 Å². The lowest BCUT2D eigenvalue weighted by molar-refractivity contribution is 0.0696. The lowest BCUT2D eigenvalue weighted by Crippen LogP contribution is -2.08. The first kappa shape index (κ1) is 22.3. The number of carboxylic acids is 1. The SMILES string of the molecule is Cc1cc(C(=O)O)cc2c1Oc1c(Cl)cc(S(=O)(=O)Cc3cccnc3)cc1CS2(=O)=O. The molecule has 4 rings (SSSR count). The van der Waals surface area contributed by atoms with E-state index in [0.29, 0.717) is 11.1 Å². The molecule has 0 fully saturated rings. The first-order chi connectivity index (χ1) is 15.0. The van der Waals surface area contributed by atoms with Crippen molar-refractivity contribution in [2.24, 2.45) is 0 Å². The zero-order valence-electron chi connectivity index (χ0n) is 16.6. The molecular weight excluding hydrogens is 478 g/mol. The number of ether oxygens (including phenoxy) is 1. The van der Waals surface area contributed by atoms with Crippen molar-refractivity contribution in [2.75, 3.05) is 0 Å². The molecule has 2 heterocycles. The smallest absolute Gasteiger partial charge is 0.335 e. The molecule has 0 unspecified atom stereocenters. The Bertz CT molecular complexity index is 1470. The molecule has 8 nitrogen and oxygen atoms in total. The maximum Gasteiger partial charge on any atom is 0.335 e. The summed E-state index contributed by atoms with van der Waals surface area (Å²) in [5.74, 6) is -2.25. The van der Waals surface area contributed by atoms with Gasteiger partial charge in [-0.1, -0.05) is 17.7 Å². The van der Waals surface area contributed by atoms with Gasteiger partial charge in [0.15, 0.2) is 19.7 Å². The first-order valence-corrected chi connectivity index (χ1v) is 12.9. The van der Waals surface area contributed by atoms with Crippen LogP contribution in [0.25, 0.3) is 0 Å². The predicted octanol–water partition coefficient (Wildman–Crippen LogP) is 3.80. The fraction of sp³-hybridized carbons (Fsp3) is 0.143. The third-order valence-corrected chi connectivity index (χ3v) is 8.52. The van der Waals surface area contributed by atoms with E-state index in [2.05, 4.69) is 4.98 Å². The van der Waals surface area contributed by atoms with Crippen molar-refractivity contribution >= 4 is 37.2 Å². The molecule has 1 N–H and O–H groups in total. The van der Waals surface area contributed by atoms with Crippen molar-refractivity contribution in [3.8, 4) is 11.5 Å². The number of aryl methyl sites for hydroxylation is 1. The summed E-state index contributed by atoms with van der Waals surface area (Å²) >= 11 is 6.33. The summed E-state index contributed by atoms with van der Waals surface area (Å²) in [6.45, 7) is 1.52. The van der Waals surface area contributed by atoms with E-state index < -0.39 is 31.4 Å². The molecular formula is C21H16ClNO7S2. The Balaban J connectivity index is 1.84. The molecule has 2 aromatic carbocycles. The van der Waals surface area contributed by atoms with Crippen LogP contribution in [0.2, 0.25) is 5.02 Å². The van der Waals surface area contributed by atoms with E-state index in [1.54, 1.807) is 12.1 Å². The topological polar surface area (TPSA) is 128 Å². The third kappa shape index (κ3) is 4.08. The molecule has 1 aliphatic rings. The molecule has 0 atom stereocenters. The minimum Gasteiger partial charge on any atom is -0.478 e. The standard InChI is InChI=1S/C21H16ClNO7S2/c1-12-5-14(21(24)25)7-18-19(12)30-20-15(11-32(18,28)29)6-16(8-17(20)22)31(26,27)10-13-3-2-4-23-9-13/h2-9H,10-11H2,1H3,(H,24,25). The number of aromatic nitrogens is 1. The van der Waals surface area contributed by atoms with Crippen LogP contribution in [-0.2, 0) is 31.2 Å². The number of rotatable bonds is 4. The van der Waals surface area contributed by atoms with Crippen LogP contribution in [0, 0.1) is 6.92 Å². The Labute approximate surface area is 189 Å². The zero-order valence-corrected chi connectivity index (χ0v) is 19.0. The van der Waals surface area contributed by atoms with E-state index in [-0.39, 0.29) is 43.2 Å². The Morgan fingerprint density at radius 1 is 1.22 bits per heavy atom. The zero-order chi connectivity index (χ0) is 23.3. The quantitative estimate of drug-likeness (QED) is 0.581. The molecule has 11 heteroatoms. The lowest BCUT2D eigenvalue weighted by atomic mass is 10.1. The van der Waals surface area contributed by atoms with E-state index in [1.165, 1.54) is 37.5 Å². The Kier molecular flexibility index (Phi) is 5.48. The van der Waals surface area contributed by atoms with Crippen molar-refractivity contribution in [2.45, 2.75) is 28.2 Å². The Morgan fingerprint density at radius 3 is 2.62 bits per heavy atom. The largest absolute Gasteiger partial charge is 0.478 e. The van der Waals surface area contributed by atoms with Crippen molar-refractivity contribution in [1.82, 2.24) is 4.98 Å². The minimum atomic E-state index is -4.06. The van der Waals surface area contributed by atoms with Crippen molar-refractivity contribution in [3.05, 3.63) is 76.1 Å². The molecule has 0 aliphatic carbocycles. The maximum absolute atomic E-state index is 13.1. The second-order valence-electron chi connectivity index (χ2n) is 7.30. The number of fused-ring (bicyclic) bond motifs is 2. The van der Waals surface area contributed by atoms with E-state index in [9.17, 15) is 26.7 Å². The van der Waals surface area contributed by atoms with Gasteiger partial charge < -0.3 is 9.84 Å². The van der Waals surface area contributed by atoms with Gasteiger partial charge >= 0.3 is 5.97 Å². The lowest BCUT2D eigenvalue weighted by Gasteiger charge is -2.14. The van der Waals surface area contributed by atoms with Gasteiger partial charge in [-0.2, -0.15) is 0 Å². The monoisotopic (exact) mass is 493 g/mol. The number of sulfone groups is 2. The number of nitrogens with zero attached hydrogens (tertiary/aromatic N) is 1. The van der Waals surface area contributed by atoms with Crippen LogP contribution in [0.3, 0.4) is 0 Å². The summed E-state index contributed by atoms with van der Waals surface area (Å²) in [6.07, 6.45) is 2.95. The first-order valence-electron chi connectivity index (χ1n) is 9.20. The summed E-state index contributed by atoms with van der Waals surface area (Å²) in [4.78, 5) is 14.8. The average molecular weight is 494 g/mol. The fourth-order valence-corrected chi connectivity index (χ4v) is 6.73. The van der Waals surface area contributed by atoms with Gasteiger partial charge in [-0.25, -0.2) is 21.6 Å². The average Bonchev–Trinajstić information content (AvgIpc) is 2.82. The molecule has 1 aliphatic heterocycles. The second kappa shape index (κ2) is 7.88.